The third-order valence-electron chi connectivity index (χ3n) is 6.42. The van der Waals surface area contributed by atoms with Gasteiger partial charge in [-0.05, 0) is 48.9 Å². The van der Waals surface area contributed by atoms with E-state index in [0.717, 1.165) is 12.1 Å². The lowest BCUT2D eigenvalue weighted by molar-refractivity contribution is 0.112. The summed E-state index contributed by atoms with van der Waals surface area (Å²) in [6.45, 7) is 1.67. The molecule has 2 aromatic carbocycles. The highest BCUT2D eigenvalue weighted by Crippen LogP contribution is 2.36. The van der Waals surface area contributed by atoms with E-state index in [4.69, 9.17) is 4.98 Å². The van der Waals surface area contributed by atoms with E-state index in [1.807, 2.05) is 0 Å². The Kier molecular flexibility index (Phi) is 7.37. The number of carbonyl (C=O) groups excluding carboxylic acids is 1. The molecule has 0 aliphatic rings. The Hall–Kier alpha value is -4.91. The first-order chi connectivity index (χ1) is 19.6. The van der Waals surface area contributed by atoms with Gasteiger partial charge < -0.3 is 14.6 Å². The minimum Gasteiger partial charge on any atom is -0.507 e. The molecule has 3 aromatic heterocycles. The summed E-state index contributed by atoms with van der Waals surface area (Å²) in [6.07, 6.45) is 6.74. The Morgan fingerprint density at radius 3 is 2.56 bits per heavy atom. The molecule has 0 radical (unpaired) electrons. The fraction of sp³-hybridized carbons (Fsp3) is 0.143. The molecule has 0 spiro atoms. The van der Waals surface area contributed by atoms with E-state index in [1.165, 1.54) is 41.6 Å². The summed E-state index contributed by atoms with van der Waals surface area (Å²) in [4.78, 5) is 25.9. The second-order valence-corrected chi connectivity index (χ2v) is 11.0. The fourth-order valence-corrected chi connectivity index (χ4v) is 5.55. The molecule has 41 heavy (non-hydrogen) atoms. The molecule has 0 atom stereocenters. The summed E-state index contributed by atoms with van der Waals surface area (Å²) in [5.41, 5.74) is 1.45. The molecule has 0 saturated carbocycles. The van der Waals surface area contributed by atoms with Gasteiger partial charge in [-0.25, -0.2) is 32.2 Å². The van der Waals surface area contributed by atoms with E-state index in [-0.39, 0.29) is 22.8 Å². The monoisotopic (exact) mass is 578 g/mol. The molecule has 210 valence electrons. The highest BCUT2D eigenvalue weighted by molar-refractivity contribution is 7.92. The Labute approximate surface area is 234 Å². The van der Waals surface area contributed by atoms with Crippen molar-refractivity contribution >= 4 is 44.5 Å². The number of fused-ring (bicyclic) bond motifs is 1. The third kappa shape index (κ3) is 5.31. The lowest BCUT2D eigenvalue weighted by atomic mass is 10.1. The van der Waals surface area contributed by atoms with Gasteiger partial charge in [0.05, 0.1) is 28.0 Å². The van der Waals surface area contributed by atoms with E-state index >= 15 is 8.78 Å². The first kappa shape index (κ1) is 27.6. The van der Waals surface area contributed by atoms with Gasteiger partial charge in [0.2, 0.25) is 10.0 Å². The minimum absolute atomic E-state index is 0.101. The van der Waals surface area contributed by atoms with Gasteiger partial charge in [0.15, 0.2) is 12.1 Å². The van der Waals surface area contributed by atoms with Crippen LogP contribution in [0.25, 0.3) is 27.8 Å². The maximum Gasteiger partial charge on any atom is 0.232 e. The van der Waals surface area contributed by atoms with Crippen LogP contribution < -0.4 is 9.62 Å². The summed E-state index contributed by atoms with van der Waals surface area (Å²) in [5, 5.41) is 9.88. The number of aromatic hydroxyl groups is 1. The van der Waals surface area contributed by atoms with Crippen molar-refractivity contribution in [1.82, 2.24) is 19.5 Å². The Bertz CT molecular complexity index is 1880. The van der Waals surface area contributed by atoms with Gasteiger partial charge in [0.1, 0.15) is 29.4 Å². The van der Waals surface area contributed by atoms with Gasteiger partial charge in [-0.2, -0.15) is 0 Å². The number of anilines is 3. The van der Waals surface area contributed by atoms with Crippen LogP contribution in [-0.4, -0.2) is 52.1 Å². The van der Waals surface area contributed by atoms with Crippen LogP contribution in [0.5, 0.6) is 5.75 Å². The van der Waals surface area contributed by atoms with Crippen LogP contribution in [0.1, 0.15) is 23.7 Å². The van der Waals surface area contributed by atoms with Crippen molar-refractivity contribution in [3.8, 4) is 22.6 Å². The minimum atomic E-state index is -3.84. The number of phenols is 1. The normalized spacial score (nSPS) is 11.5. The van der Waals surface area contributed by atoms with Crippen LogP contribution in [0.3, 0.4) is 0 Å². The predicted octanol–water partition coefficient (Wildman–Crippen LogP) is 5.20. The number of nitrogens with zero attached hydrogens (tertiary/aromatic N) is 5. The number of aromatic nitrogens is 4. The van der Waals surface area contributed by atoms with Crippen molar-refractivity contribution in [3.63, 3.8) is 0 Å². The number of hydrogen-bond donors (Lipinski definition) is 2. The lowest BCUT2D eigenvalue weighted by Gasteiger charge is -2.19. The van der Waals surface area contributed by atoms with Crippen molar-refractivity contribution in [2.24, 2.45) is 0 Å². The number of benzene rings is 2. The molecule has 0 aliphatic carbocycles. The van der Waals surface area contributed by atoms with Gasteiger partial charge in [-0.3, -0.25) is 9.52 Å². The number of carbonyl (C=O) groups is 1. The van der Waals surface area contributed by atoms with Gasteiger partial charge >= 0.3 is 0 Å². The first-order valence-corrected chi connectivity index (χ1v) is 14.1. The summed E-state index contributed by atoms with van der Waals surface area (Å²) in [5.74, 6) is -1.96. The van der Waals surface area contributed by atoms with Crippen LogP contribution in [0.4, 0.5) is 26.0 Å². The van der Waals surface area contributed by atoms with Crippen LogP contribution in [0, 0.1) is 11.6 Å². The third-order valence-corrected chi connectivity index (χ3v) is 7.90. The Morgan fingerprint density at radius 2 is 1.85 bits per heavy atom. The summed E-state index contributed by atoms with van der Waals surface area (Å²) in [6, 6.07) is 9.78. The van der Waals surface area contributed by atoms with Gasteiger partial charge in [-0.1, -0.05) is 6.92 Å². The number of rotatable bonds is 9. The molecule has 2 N–H and O–H groups in total. The molecule has 0 bridgehead atoms. The molecular formula is C28H24F2N6O4S. The quantitative estimate of drug-likeness (QED) is 0.228. The van der Waals surface area contributed by atoms with Crippen LogP contribution >= 0.6 is 0 Å². The predicted molar refractivity (Wildman–Crippen MR) is 151 cm³/mol. The number of hydrogen-bond acceptors (Lipinski definition) is 8. The molecule has 0 unspecified atom stereocenters. The number of pyridine rings is 1. The van der Waals surface area contributed by atoms with Crippen molar-refractivity contribution < 1.29 is 27.1 Å². The van der Waals surface area contributed by atoms with Crippen molar-refractivity contribution in [2.45, 2.75) is 13.3 Å². The molecule has 10 nitrogen and oxygen atoms in total. The van der Waals surface area contributed by atoms with Gasteiger partial charge in [-0.15, -0.1) is 0 Å². The lowest BCUT2D eigenvalue weighted by Crippen LogP contribution is -2.18. The SMILES string of the molecule is CCCS(=O)(=O)Nc1ccc(F)c(-n2cc(-c3cncnc3)c3nc(N(C)c4ccc(O)c(C=O)c4)ccc32)c1F. The maximum absolute atomic E-state index is 15.8. The summed E-state index contributed by atoms with van der Waals surface area (Å²) in [7, 11) is -2.13. The standard InChI is InChI=1S/C28H24F2N6O4S/c1-3-10-41(39,40)34-22-6-5-21(29)28(26(22)30)36-14-20(18-12-31-16-32-13-18)27-23(36)7-9-25(33-27)35(2)19-4-8-24(38)17(11-19)15-37/h4-9,11-16,34,38H,3,10H2,1-2H3. The van der Waals surface area contributed by atoms with Crippen LogP contribution in [-0.2, 0) is 10.0 Å². The van der Waals surface area contributed by atoms with Crippen LogP contribution in [0.2, 0.25) is 0 Å². The number of nitrogens with one attached hydrogen (secondary N) is 1. The van der Waals surface area contributed by atoms with E-state index in [0.29, 0.717) is 46.4 Å². The largest absolute Gasteiger partial charge is 0.507 e. The molecule has 3 heterocycles. The topological polar surface area (TPSA) is 130 Å². The second kappa shape index (κ2) is 10.9. The zero-order valence-electron chi connectivity index (χ0n) is 21.9. The van der Waals surface area contributed by atoms with Gasteiger partial charge in [0, 0.05) is 42.5 Å². The van der Waals surface area contributed by atoms with Gasteiger partial charge in [0.25, 0.3) is 0 Å². The van der Waals surface area contributed by atoms with E-state index in [2.05, 4.69) is 14.7 Å². The smallest absolute Gasteiger partial charge is 0.232 e. The van der Waals surface area contributed by atoms with E-state index in [9.17, 15) is 18.3 Å². The fourth-order valence-electron chi connectivity index (χ4n) is 4.42. The molecule has 0 amide bonds. The first-order valence-electron chi connectivity index (χ1n) is 12.4. The number of halogens is 2. The van der Waals surface area contributed by atoms with Crippen molar-refractivity contribution in [1.29, 1.82) is 0 Å². The van der Waals surface area contributed by atoms with E-state index < -0.39 is 27.3 Å². The Balaban J connectivity index is 1.69. The molecule has 0 saturated heterocycles. The van der Waals surface area contributed by atoms with E-state index in [1.54, 1.807) is 37.1 Å². The highest BCUT2D eigenvalue weighted by atomic mass is 32.2. The van der Waals surface area contributed by atoms with Crippen LogP contribution in [0.15, 0.2) is 67.4 Å². The average Bonchev–Trinajstić information content (AvgIpc) is 3.33. The number of aldehydes is 1. The number of sulfonamides is 1. The molecular weight excluding hydrogens is 554 g/mol. The average molecular weight is 579 g/mol. The summed E-state index contributed by atoms with van der Waals surface area (Å²) >= 11 is 0. The molecule has 13 heteroatoms. The molecule has 5 aromatic rings. The maximum atomic E-state index is 15.8. The molecule has 0 fully saturated rings. The zero-order chi connectivity index (χ0) is 29.3. The molecule has 5 rings (SSSR count). The zero-order valence-corrected chi connectivity index (χ0v) is 22.7. The Morgan fingerprint density at radius 1 is 1.10 bits per heavy atom. The van der Waals surface area contributed by atoms with Crippen molar-refractivity contribution in [3.05, 3.63) is 84.6 Å². The van der Waals surface area contributed by atoms with Crippen molar-refractivity contribution in [2.75, 3.05) is 22.4 Å². The highest BCUT2D eigenvalue weighted by Gasteiger charge is 2.23. The molecule has 0 aliphatic heterocycles. The second-order valence-electron chi connectivity index (χ2n) is 9.18. The number of phenolic OH excluding ortho intramolecular Hbond substituents is 1. The summed E-state index contributed by atoms with van der Waals surface area (Å²) < 4.78 is 59.1.